The molecule has 0 bridgehead atoms. The van der Waals surface area contributed by atoms with Crippen molar-refractivity contribution in [2.24, 2.45) is 0 Å². The Labute approximate surface area is 128 Å². The number of hydrogen-bond acceptors (Lipinski definition) is 4. The van der Waals surface area contributed by atoms with Gasteiger partial charge in [-0.25, -0.2) is 8.42 Å². The number of nitrogens with one attached hydrogen (secondary N) is 1. The molecule has 0 aliphatic rings. The third-order valence-corrected chi connectivity index (χ3v) is 5.50. The normalized spacial score (nSPS) is 12.1. The second kappa shape index (κ2) is 8.36. The fraction of sp³-hybridized carbons (Fsp3) is 0.600. The zero-order valence-electron chi connectivity index (χ0n) is 13.3. The van der Waals surface area contributed by atoms with Gasteiger partial charge in [0.2, 0.25) is 10.0 Å². The van der Waals surface area contributed by atoms with Crippen molar-refractivity contribution in [3.05, 3.63) is 24.3 Å². The van der Waals surface area contributed by atoms with Gasteiger partial charge in [-0.2, -0.15) is 4.31 Å². The minimum absolute atomic E-state index is 0.0292. The van der Waals surface area contributed by atoms with Gasteiger partial charge in [-0.15, -0.1) is 0 Å². The Morgan fingerprint density at radius 3 is 2.24 bits per heavy atom. The zero-order valence-corrected chi connectivity index (χ0v) is 14.1. The molecule has 0 unspecified atom stereocenters. The summed E-state index contributed by atoms with van der Waals surface area (Å²) in [6.07, 6.45) is 1.61. The number of benzene rings is 1. The van der Waals surface area contributed by atoms with E-state index < -0.39 is 10.0 Å². The smallest absolute Gasteiger partial charge is 0.243 e. The van der Waals surface area contributed by atoms with Crippen LogP contribution in [0.2, 0.25) is 0 Å². The molecule has 0 heterocycles. The molecule has 1 aromatic rings. The Morgan fingerprint density at radius 2 is 1.76 bits per heavy atom. The van der Waals surface area contributed by atoms with Crippen LogP contribution in [0.1, 0.15) is 26.7 Å². The maximum atomic E-state index is 12.5. The minimum atomic E-state index is -3.44. The highest BCUT2D eigenvalue weighted by Crippen LogP contribution is 2.22. The molecule has 0 spiro atoms. The van der Waals surface area contributed by atoms with E-state index in [9.17, 15) is 8.42 Å². The third kappa shape index (κ3) is 4.69. The summed E-state index contributed by atoms with van der Waals surface area (Å²) in [5.41, 5.74) is 0. The predicted octanol–water partition coefficient (Wildman–Crippen LogP) is 2.09. The van der Waals surface area contributed by atoms with Crippen LogP contribution >= 0.6 is 0 Å². The van der Waals surface area contributed by atoms with Crippen molar-refractivity contribution >= 4 is 10.0 Å². The van der Waals surface area contributed by atoms with Gasteiger partial charge in [-0.05, 0) is 44.2 Å². The molecule has 0 atom stereocenters. The highest BCUT2D eigenvalue weighted by atomic mass is 32.2. The van der Waals surface area contributed by atoms with Crippen LogP contribution in [0.5, 0.6) is 5.75 Å². The first-order chi connectivity index (χ1) is 9.97. The lowest BCUT2D eigenvalue weighted by Gasteiger charge is -2.25. The van der Waals surface area contributed by atoms with Gasteiger partial charge in [0.05, 0.1) is 4.90 Å². The van der Waals surface area contributed by atoms with E-state index in [0.29, 0.717) is 17.3 Å². The van der Waals surface area contributed by atoms with Crippen molar-refractivity contribution in [3.63, 3.8) is 0 Å². The van der Waals surface area contributed by atoms with E-state index in [0.717, 1.165) is 19.4 Å². The lowest BCUT2D eigenvalue weighted by molar-refractivity contribution is 0.318. The summed E-state index contributed by atoms with van der Waals surface area (Å²) >= 11 is 0. The second-order valence-electron chi connectivity index (χ2n) is 4.91. The molecule has 0 radical (unpaired) electrons. The molecule has 0 aliphatic carbocycles. The quantitative estimate of drug-likeness (QED) is 0.709. The summed E-state index contributed by atoms with van der Waals surface area (Å²) in [6, 6.07) is 6.62. The lowest BCUT2D eigenvalue weighted by atomic mass is 10.2. The summed E-state index contributed by atoms with van der Waals surface area (Å²) in [5.74, 6) is 0.675. The second-order valence-corrected chi connectivity index (χ2v) is 6.91. The molecule has 0 aromatic heterocycles. The molecular formula is C15H26N2O3S. The maximum Gasteiger partial charge on any atom is 0.243 e. The van der Waals surface area contributed by atoms with Crippen molar-refractivity contribution in [1.82, 2.24) is 9.62 Å². The summed E-state index contributed by atoms with van der Waals surface area (Å²) in [4.78, 5) is 0.304. The Kier molecular flexibility index (Phi) is 7.14. The molecule has 21 heavy (non-hydrogen) atoms. The average Bonchev–Trinajstić information content (AvgIpc) is 2.49. The van der Waals surface area contributed by atoms with E-state index in [2.05, 4.69) is 5.32 Å². The monoisotopic (exact) mass is 314 g/mol. The highest BCUT2D eigenvalue weighted by molar-refractivity contribution is 7.89. The molecule has 1 N–H and O–H groups in total. The van der Waals surface area contributed by atoms with Gasteiger partial charge in [-0.1, -0.05) is 13.8 Å². The third-order valence-electron chi connectivity index (χ3n) is 3.58. The molecule has 0 aliphatic heterocycles. The number of hydrogen-bond donors (Lipinski definition) is 1. The van der Waals surface area contributed by atoms with Gasteiger partial charge in [0, 0.05) is 19.6 Å². The van der Waals surface area contributed by atoms with Crippen LogP contribution in [-0.2, 0) is 10.0 Å². The fourth-order valence-corrected chi connectivity index (χ4v) is 3.65. The first-order valence-electron chi connectivity index (χ1n) is 7.32. The van der Waals surface area contributed by atoms with Crippen LogP contribution in [0.4, 0.5) is 0 Å². The molecule has 120 valence electrons. The van der Waals surface area contributed by atoms with E-state index in [1.54, 1.807) is 31.3 Å². The molecule has 0 fully saturated rings. The SMILES string of the molecule is CCC(CC)N(C)S(=O)(=O)c1ccc(OCCNC)cc1. The number of ether oxygens (including phenoxy) is 1. The predicted molar refractivity (Wildman–Crippen MR) is 85.2 cm³/mol. The summed E-state index contributed by atoms with van der Waals surface area (Å²) in [5, 5.41) is 2.99. The van der Waals surface area contributed by atoms with Crippen LogP contribution in [0, 0.1) is 0 Å². The topological polar surface area (TPSA) is 58.6 Å². The van der Waals surface area contributed by atoms with Gasteiger partial charge >= 0.3 is 0 Å². The zero-order chi connectivity index (χ0) is 15.9. The van der Waals surface area contributed by atoms with Crippen molar-refractivity contribution < 1.29 is 13.2 Å². The van der Waals surface area contributed by atoms with E-state index in [1.807, 2.05) is 20.9 Å². The molecule has 5 nitrogen and oxygen atoms in total. The largest absolute Gasteiger partial charge is 0.492 e. The first-order valence-corrected chi connectivity index (χ1v) is 8.76. The molecule has 1 rings (SSSR count). The van der Waals surface area contributed by atoms with Gasteiger partial charge in [0.1, 0.15) is 12.4 Å². The highest BCUT2D eigenvalue weighted by Gasteiger charge is 2.25. The standard InChI is InChI=1S/C15H26N2O3S/c1-5-13(6-2)17(4)21(18,19)15-9-7-14(8-10-15)20-12-11-16-3/h7-10,13,16H,5-6,11-12H2,1-4H3. The lowest BCUT2D eigenvalue weighted by Crippen LogP contribution is -2.36. The molecular weight excluding hydrogens is 288 g/mol. The van der Waals surface area contributed by atoms with E-state index in [4.69, 9.17) is 4.74 Å². The number of sulfonamides is 1. The number of nitrogens with zero attached hydrogens (tertiary/aromatic N) is 1. The Bertz CT molecular complexity index is 510. The van der Waals surface area contributed by atoms with Gasteiger partial charge in [0.25, 0.3) is 0 Å². The molecule has 1 aromatic carbocycles. The molecule has 0 saturated carbocycles. The van der Waals surface area contributed by atoms with Crippen LogP contribution < -0.4 is 10.1 Å². The summed E-state index contributed by atoms with van der Waals surface area (Å²) in [7, 11) is 0.0582. The van der Waals surface area contributed by atoms with Crippen LogP contribution in [0.3, 0.4) is 0 Å². The fourth-order valence-electron chi connectivity index (χ4n) is 2.14. The van der Waals surface area contributed by atoms with Crippen molar-refractivity contribution in [3.8, 4) is 5.75 Å². The van der Waals surface area contributed by atoms with Gasteiger partial charge in [0.15, 0.2) is 0 Å². The van der Waals surface area contributed by atoms with Crippen molar-refractivity contribution in [2.45, 2.75) is 37.6 Å². The van der Waals surface area contributed by atoms with E-state index >= 15 is 0 Å². The van der Waals surface area contributed by atoms with E-state index in [-0.39, 0.29) is 6.04 Å². The van der Waals surface area contributed by atoms with Crippen LogP contribution in [-0.4, -0.2) is 46.0 Å². The Morgan fingerprint density at radius 1 is 1.19 bits per heavy atom. The van der Waals surface area contributed by atoms with Crippen LogP contribution in [0.15, 0.2) is 29.2 Å². The summed E-state index contributed by atoms with van der Waals surface area (Å²) in [6.45, 7) is 5.30. The molecule has 0 saturated heterocycles. The first kappa shape index (κ1) is 17.9. The van der Waals surface area contributed by atoms with Crippen LogP contribution in [0.25, 0.3) is 0 Å². The average molecular weight is 314 g/mol. The number of rotatable bonds is 9. The maximum absolute atomic E-state index is 12.5. The van der Waals surface area contributed by atoms with Gasteiger partial charge in [-0.3, -0.25) is 0 Å². The molecule has 6 heteroatoms. The van der Waals surface area contributed by atoms with Crippen molar-refractivity contribution in [2.75, 3.05) is 27.2 Å². The Hall–Kier alpha value is -1.11. The molecule has 0 amide bonds. The van der Waals surface area contributed by atoms with Gasteiger partial charge < -0.3 is 10.1 Å². The Balaban J connectivity index is 2.84. The minimum Gasteiger partial charge on any atom is -0.492 e. The summed E-state index contributed by atoms with van der Waals surface area (Å²) < 4.78 is 32.0. The number of likely N-dealkylation sites (N-methyl/N-ethyl adjacent to an activating group) is 1. The van der Waals surface area contributed by atoms with Crippen molar-refractivity contribution in [1.29, 1.82) is 0 Å². The van der Waals surface area contributed by atoms with E-state index in [1.165, 1.54) is 4.31 Å².